The summed E-state index contributed by atoms with van der Waals surface area (Å²) in [6.45, 7) is 0. The van der Waals surface area contributed by atoms with Gasteiger partial charge in [-0.1, -0.05) is 109 Å². The van der Waals surface area contributed by atoms with E-state index in [-0.39, 0.29) is 0 Å². The molecule has 0 aliphatic rings. The number of fused-ring (bicyclic) bond motifs is 7. The number of anilines is 3. The summed E-state index contributed by atoms with van der Waals surface area (Å²) in [6, 6.07) is 62.9. The maximum atomic E-state index is 6.59. The molecule has 0 N–H and O–H groups in total. The monoisotopic (exact) mass is 694 g/mol. The van der Waals surface area contributed by atoms with E-state index in [4.69, 9.17) is 18.2 Å². The maximum absolute atomic E-state index is 6.59. The van der Waals surface area contributed by atoms with Gasteiger partial charge in [0.15, 0.2) is 5.58 Å². The summed E-state index contributed by atoms with van der Waals surface area (Å²) >= 11 is 0. The number of nitrogens with zero attached hydrogens (tertiary/aromatic N) is 2. The topological polar surface area (TPSA) is 55.6 Å². The number of hydrogen-bond acceptors (Lipinski definition) is 5. The van der Waals surface area contributed by atoms with Gasteiger partial charge in [-0.05, 0) is 89.0 Å². The maximum Gasteiger partial charge on any atom is 0.227 e. The van der Waals surface area contributed by atoms with E-state index in [0.29, 0.717) is 11.5 Å². The first-order chi connectivity index (χ1) is 26.7. The highest BCUT2D eigenvalue weighted by Gasteiger charge is 2.23. The summed E-state index contributed by atoms with van der Waals surface area (Å²) < 4.78 is 19.1. The van der Waals surface area contributed by atoms with E-state index in [1.165, 1.54) is 0 Å². The number of aromatic nitrogens is 1. The molecule has 0 fully saturated rings. The Kier molecular flexibility index (Phi) is 6.79. The molecular weight excluding hydrogens is 665 g/mol. The Morgan fingerprint density at radius 2 is 1.00 bits per heavy atom. The van der Waals surface area contributed by atoms with Crippen LogP contribution in [0.5, 0.6) is 0 Å². The lowest BCUT2D eigenvalue weighted by atomic mass is 9.93. The average Bonchev–Trinajstić information content (AvgIpc) is 3.94. The van der Waals surface area contributed by atoms with Gasteiger partial charge in [0.2, 0.25) is 5.89 Å². The molecule has 11 aromatic rings. The number of benzene rings is 8. The second-order valence-corrected chi connectivity index (χ2v) is 13.5. The largest absolute Gasteiger partial charge is 0.456 e. The van der Waals surface area contributed by atoms with Crippen molar-refractivity contribution in [1.29, 1.82) is 0 Å². The third-order valence-electron chi connectivity index (χ3n) is 10.3. The zero-order valence-electron chi connectivity index (χ0n) is 28.9. The molecule has 3 heterocycles. The van der Waals surface area contributed by atoms with Gasteiger partial charge in [-0.25, -0.2) is 4.98 Å². The summed E-state index contributed by atoms with van der Waals surface area (Å²) in [6.07, 6.45) is 0. The minimum atomic E-state index is 0.581. The molecule has 0 radical (unpaired) electrons. The van der Waals surface area contributed by atoms with Crippen LogP contribution in [0, 0.1) is 0 Å². The van der Waals surface area contributed by atoms with E-state index in [0.717, 1.165) is 94.3 Å². The number of rotatable bonds is 6. The quantitative estimate of drug-likeness (QED) is 0.173. The van der Waals surface area contributed by atoms with Crippen LogP contribution in [0.2, 0.25) is 0 Å². The number of hydrogen-bond donors (Lipinski definition) is 0. The first-order valence-corrected chi connectivity index (χ1v) is 18.0. The minimum Gasteiger partial charge on any atom is -0.456 e. The van der Waals surface area contributed by atoms with Crippen LogP contribution in [-0.4, -0.2) is 4.98 Å². The van der Waals surface area contributed by atoms with E-state index < -0.39 is 0 Å². The molecule has 3 aromatic heterocycles. The van der Waals surface area contributed by atoms with Gasteiger partial charge >= 0.3 is 0 Å². The predicted molar refractivity (Wildman–Crippen MR) is 220 cm³/mol. The Hall–Kier alpha value is -7.37. The van der Waals surface area contributed by atoms with Crippen LogP contribution in [0.1, 0.15) is 0 Å². The lowest BCUT2D eigenvalue weighted by molar-refractivity contribution is 0.617. The molecule has 0 saturated heterocycles. The molecule has 11 rings (SSSR count). The molecule has 0 bridgehead atoms. The zero-order chi connectivity index (χ0) is 35.6. The third kappa shape index (κ3) is 4.90. The molecule has 0 aliphatic carbocycles. The SMILES string of the molecule is c1ccc(-c2nc3cc4c(cc3o2)oc2cccc(N(c3ccc(-c5ccccc5)c(-c5ccccc5)c3)c3ccc5oc6ccccc6c5c3)c24)cc1. The molecule has 5 nitrogen and oxygen atoms in total. The standard InChI is InChI=1S/C49H30N2O3/c1-4-13-31(14-5-1)36-25-23-34(27-38(36)32-15-6-2-7-16-32)51(35-24-26-44-39(28-35)37-19-10-11-21-43(37)52-44)42-20-12-22-45-48(42)40-29-41-47(30-46(40)53-45)54-49(50-41)33-17-8-3-9-18-33/h1-30H. The highest BCUT2D eigenvalue weighted by Crippen LogP contribution is 2.47. The molecule has 54 heavy (non-hydrogen) atoms. The molecule has 0 amide bonds. The van der Waals surface area contributed by atoms with E-state index in [1.807, 2.05) is 54.6 Å². The lowest BCUT2D eigenvalue weighted by Crippen LogP contribution is -2.10. The van der Waals surface area contributed by atoms with Crippen LogP contribution in [0.3, 0.4) is 0 Å². The van der Waals surface area contributed by atoms with E-state index >= 15 is 0 Å². The van der Waals surface area contributed by atoms with Crippen molar-refractivity contribution in [3.05, 3.63) is 182 Å². The minimum absolute atomic E-state index is 0.581. The van der Waals surface area contributed by atoms with Crippen LogP contribution in [0.25, 0.3) is 88.7 Å². The van der Waals surface area contributed by atoms with Gasteiger partial charge in [-0.15, -0.1) is 0 Å². The molecule has 5 heteroatoms. The van der Waals surface area contributed by atoms with Gasteiger partial charge in [0.05, 0.1) is 11.1 Å². The van der Waals surface area contributed by atoms with E-state index in [1.54, 1.807) is 0 Å². The number of oxazole rings is 1. The average molecular weight is 695 g/mol. The second kappa shape index (κ2) is 12.1. The summed E-state index contributed by atoms with van der Waals surface area (Å²) in [5.41, 5.74) is 13.2. The third-order valence-corrected chi connectivity index (χ3v) is 10.3. The van der Waals surface area contributed by atoms with Crippen molar-refractivity contribution in [2.75, 3.05) is 4.90 Å². The van der Waals surface area contributed by atoms with Crippen molar-refractivity contribution >= 4 is 72.0 Å². The molecule has 0 unspecified atom stereocenters. The molecule has 8 aromatic carbocycles. The summed E-state index contributed by atoms with van der Waals surface area (Å²) in [4.78, 5) is 7.25. The normalized spacial score (nSPS) is 11.7. The highest BCUT2D eigenvalue weighted by atomic mass is 16.4. The van der Waals surface area contributed by atoms with Crippen molar-refractivity contribution < 1.29 is 13.3 Å². The second-order valence-electron chi connectivity index (χ2n) is 13.5. The molecule has 0 saturated carbocycles. The lowest BCUT2D eigenvalue weighted by Gasteiger charge is -2.27. The molecule has 0 aliphatic heterocycles. The van der Waals surface area contributed by atoms with Gasteiger partial charge in [-0.3, -0.25) is 0 Å². The van der Waals surface area contributed by atoms with Crippen molar-refractivity contribution in [2.24, 2.45) is 0 Å². The number of furan rings is 2. The Morgan fingerprint density at radius 3 is 1.80 bits per heavy atom. The smallest absolute Gasteiger partial charge is 0.227 e. The molecular formula is C49H30N2O3. The van der Waals surface area contributed by atoms with Gasteiger partial charge in [0.25, 0.3) is 0 Å². The van der Waals surface area contributed by atoms with Crippen LogP contribution in [0.15, 0.2) is 195 Å². The Balaban J connectivity index is 1.18. The Bertz CT molecular complexity index is 3160. The summed E-state index contributed by atoms with van der Waals surface area (Å²) in [7, 11) is 0. The van der Waals surface area contributed by atoms with Gasteiger partial charge in [0, 0.05) is 39.2 Å². The fourth-order valence-electron chi connectivity index (χ4n) is 7.80. The highest BCUT2D eigenvalue weighted by molar-refractivity contribution is 6.16. The van der Waals surface area contributed by atoms with Crippen molar-refractivity contribution in [3.63, 3.8) is 0 Å². The van der Waals surface area contributed by atoms with Crippen LogP contribution < -0.4 is 4.90 Å². The van der Waals surface area contributed by atoms with Crippen molar-refractivity contribution in [1.82, 2.24) is 4.98 Å². The van der Waals surface area contributed by atoms with Crippen LogP contribution in [-0.2, 0) is 0 Å². The Morgan fingerprint density at radius 1 is 0.370 bits per heavy atom. The van der Waals surface area contributed by atoms with Crippen molar-refractivity contribution in [3.8, 4) is 33.7 Å². The summed E-state index contributed by atoms with van der Waals surface area (Å²) in [5.74, 6) is 0.581. The zero-order valence-corrected chi connectivity index (χ0v) is 28.9. The van der Waals surface area contributed by atoms with Crippen LogP contribution >= 0.6 is 0 Å². The fraction of sp³-hybridized carbons (Fsp3) is 0. The van der Waals surface area contributed by atoms with E-state index in [2.05, 4.69) is 132 Å². The first-order valence-electron chi connectivity index (χ1n) is 18.0. The first kappa shape index (κ1) is 30.3. The predicted octanol–water partition coefficient (Wildman–Crippen LogP) is 14.1. The molecule has 254 valence electrons. The van der Waals surface area contributed by atoms with Gasteiger partial charge < -0.3 is 18.2 Å². The Labute approximate surface area is 309 Å². The van der Waals surface area contributed by atoms with Crippen LogP contribution in [0.4, 0.5) is 17.1 Å². The molecule has 0 spiro atoms. The molecule has 0 atom stereocenters. The van der Waals surface area contributed by atoms with E-state index in [9.17, 15) is 0 Å². The fourth-order valence-corrected chi connectivity index (χ4v) is 7.80. The van der Waals surface area contributed by atoms with Crippen molar-refractivity contribution in [2.45, 2.75) is 0 Å². The van der Waals surface area contributed by atoms with Gasteiger partial charge in [-0.2, -0.15) is 0 Å². The van der Waals surface area contributed by atoms with Gasteiger partial charge in [0.1, 0.15) is 27.8 Å². The summed E-state index contributed by atoms with van der Waals surface area (Å²) in [5, 5.41) is 4.09. The number of para-hydroxylation sites is 1.